The SMILES string of the molecule is O=C(CN1CCc2c1cccc2C(F)(F)F)NCc1ccc(C(=O)N2CCOCC2)cc1. The molecule has 170 valence electrons. The van der Waals surface area contributed by atoms with Crippen molar-refractivity contribution in [2.45, 2.75) is 19.1 Å². The van der Waals surface area contributed by atoms with E-state index in [9.17, 15) is 22.8 Å². The van der Waals surface area contributed by atoms with Crippen LogP contribution in [-0.4, -0.2) is 56.1 Å². The molecule has 0 radical (unpaired) electrons. The largest absolute Gasteiger partial charge is 0.416 e. The Balaban J connectivity index is 1.31. The lowest BCUT2D eigenvalue weighted by Gasteiger charge is -2.26. The van der Waals surface area contributed by atoms with Crippen LogP contribution in [-0.2, 0) is 28.7 Å². The van der Waals surface area contributed by atoms with Crippen LogP contribution in [0.5, 0.6) is 0 Å². The van der Waals surface area contributed by atoms with Gasteiger partial charge in [-0.1, -0.05) is 18.2 Å². The highest BCUT2D eigenvalue weighted by Crippen LogP contribution is 2.39. The average Bonchev–Trinajstić information content (AvgIpc) is 3.20. The summed E-state index contributed by atoms with van der Waals surface area (Å²) < 4.78 is 44.9. The predicted molar refractivity (Wildman–Crippen MR) is 112 cm³/mol. The van der Waals surface area contributed by atoms with E-state index in [1.807, 2.05) is 0 Å². The lowest BCUT2D eigenvalue weighted by molar-refractivity contribution is -0.138. The van der Waals surface area contributed by atoms with Crippen LogP contribution in [0.15, 0.2) is 42.5 Å². The lowest BCUT2D eigenvalue weighted by Crippen LogP contribution is -2.40. The van der Waals surface area contributed by atoms with Crippen LogP contribution in [0, 0.1) is 0 Å². The Hall–Kier alpha value is -3.07. The number of nitrogens with one attached hydrogen (secondary N) is 1. The number of hydrogen-bond donors (Lipinski definition) is 1. The third-order valence-corrected chi connectivity index (χ3v) is 5.75. The molecule has 4 rings (SSSR count). The number of morpholine rings is 1. The Kier molecular flexibility index (Phi) is 6.36. The van der Waals surface area contributed by atoms with Crippen molar-refractivity contribution >= 4 is 17.5 Å². The van der Waals surface area contributed by atoms with Crippen LogP contribution in [0.25, 0.3) is 0 Å². The lowest BCUT2D eigenvalue weighted by atomic mass is 10.0. The van der Waals surface area contributed by atoms with Gasteiger partial charge in [0.25, 0.3) is 5.91 Å². The standard InChI is InChI=1S/C23H24F3N3O3/c24-23(25,26)19-2-1-3-20-18(19)8-9-29(20)15-21(30)27-14-16-4-6-17(7-5-16)22(31)28-10-12-32-13-11-28/h1-7H,8-15H2,(H,27,30). The second kappa shape index (κ2) is 9.20. The zero-order chi connectivity index (χ0) is 22.7. The van der Waals surface area contributed by atoms with E-state index in [1.54, 1.807) is 40.1 Å². The number of halogens is 3. The summed E-state index contributed by atoms with van der Waals surface area (Å²) >= 11 is 0. The Bertz CT molecular complexity index is 986. The first-order valence-electron chi connectivity index (χ1n) is 10.5. The van der Waals surface area contributed by atoms with Crippen LogP contribution in [0.1, 0.15) is 27.0 Å². The van der Waals surface area contributed by atoms with Crippen molar-refractivity contribution < 1.29 is 27.5 Å². The van der Waals surface area contributed by atoms with Crippen LogP contribution < -0.4 is 10.2 Å². The van der Waals surface area contributed by atoms with Gasteiger partial charge in [-0.15, -0.1) is 0 Å². The molecule has 2 aliphatic heterocycles. The van der Waals surface area contributed by atoms with Crippen molar-refractivity contribution in [1.29, 1.82) is 0 Å². The number of anilines is 1. The Morgan fingerprint density at radius 1 is 1.00 bits per heavy atom. The number of fused-ring (bicyclic) bond motifs is 1. The maximum atomic E-state index is 13.2. The molecular weight excluding hydrogens is 423 g/mol. The Morgan fingerprint density at radius 2 is 1.72 bits per heavy atom. The first-order chi connectivity index (χ1) is 15.3. The molecule has 2 aromatic carbocycles. The van der Waals surface area contributed by atoms with Crippen molar-refractivity contribution in [3.05, 3.63) is 64.7 Å². The molecule has 6 nitrogen and oxygen atoms in total. The van der Waals surface area contributed by atoms with Crippen LogP contribution in [0.2, 0.25) is 0 Å². The second-order valence-electron chi connectivity index (χ2n) is 7.85. The van der Waals surface area contributed by atoms with E-state index in [1.165, 1.54) is 6.07 Å². The van der Waals surface area contributed by atoms with E-state index in [4.69, 9.17) is 4.74 Å². The highest BCUT2D eigenvalue weighted by Gasteiger charge is 2.36. The molecule has 32 heavy (non-hydrogen) atoms. The fourth-order valence-corrected chi connectivity index (χ4v) is 4.07. The molecule has 0 saturated carbocycles. The third-order valence-electron chi connectivity index (χ3n) is 5.75. The van der Waals surface area contributed by atoms with Crippen LogP contribution >= 0.6 is 0 Å². The molecule has 0 aliphatic carbocycles. The normalized spacial score (nSPS) is 16.1. The first kappa shape index (κ1) is 22.1. The number of nitrogens with zero attached hydrogens (tertiary/aromatic N) is 2. The molecule has 0 spiro atoms. The molecule has 2 heterocycles. The highest BCUT2D eigenvalue weighted by atomic mass is 19.4. The quantitative estimate of drug-likeness (QED) is 0.766. The van der Waals surface area contributed by atoms with Crippen molar-refractivity contribution in [2.75, 3.05) is 44.3 Å². The van der Waals surface area contributed by atoms with Crippen LogP contribution in [0.4, 0.5) is 18.9 Å². The molecule has 9 heteroatoms. The minimum absolute atomic E-state index is 0.0120. The fourth-order valence-electron chi connectivity index (χ4n) is 4.07. The molecule has 2 amide bonds. The van der Waals surface area contributed by atoms with Gasteiger partial charge in [0.1, 0.15) is 0 Å². The van der Waals surface area contributed by atoms with Gasteiger partial charge in [0.05, 0.1) is 25.3 Å². The highest BCUT2D eigenvalue weighted by molar-refractivity contribution is 5.94. The van der Waals surface area contributed by atoms with Crippen molar-refractivity contribution in [3.8, 4) is 0 Å². The summed E-state index contributed by atoms with van der Waals surface area (Å²) in [6, 6.07) is 11.1. The zero-order valence-electron chi connectivity index (χ0n) is 17.5. The summed E-state index contributed by atoms with van der Waals surface area (Å²) in [5, 5.41) is 2.80. The van der Waals surface area contributed by atoms with Gasteiger partial charge in [-0.25, -0.2) is 0 Å². The van der Waals surface area contributed by atoms with E-state index in [0.29, 0.717) is 44.1 Å². The maximum Gasteiger partial charge on any atom is 0.416 e. The maximum absolute atomic E-state index is 13.2. The van der Waals surface area contributed by atoms with E-state index >= 15 is 0 Å². The van der Waals surface area contributed by atoms with E-state index < -0.39 is 11.7 Å². The first-order valence-corrected chi connectivity index (χ1v) is 10.5. The number of alkyl halides is 3. The summed E-state index contributed by atoms with van der Waals surface area (Å²) in [6.45, 7) is 2.84. The van der Waals surface area contributed by atoms with E-state index in [-0.39, 0.29) is 36.9 Å². The number of carbonyl (C=O) groups excluding carboxylic acids is 2. The van der Waals surface area contributed by atoms with Crippen molar-refractivity contribution in [2.24, 2.45) is 0 Å². The molecule has 1 saturated heterocycles. The summed E-state index contributed by atoms with van der Waals surface area (Å²) in [6.07, 6.45) is -4.14. The Morgan fingerprint density at radius 3 is 2.41 bits per heavy atom. The van der Waals surface area contributed by atoms with Gasteiger partial charge in [0, 0.05) is 37.4 Å². The molecule has 2 aliphatic rings. The molecule has 0 atom stereocenters. The molecule has 1 fully saturated rings. The minimum Gasteiger partial charge on any atom is -0.378 e. The van der Waals surface area contributed by atoms with E-state index in [0.717, 1.165) is 11.6 Å². The number of rotatable bonds is 5. The number of ether oxygens (including phenoxy) is 1. The van der Waals surface area contributed by atoms with Gasteiger partial charge < -0.3 is 19.9 Å². The van der Waals surface area contributed by atoms with Gasteiger partial charge in [-0.3, -0.25) is 9.59 Å². The summed E-state index contributed by atoms with van der Waals surface area (Å²) in [4.78, 5) is 28.3. The summed E-state index contributed by atoms with van der Waals surface area (Å²) in [7, 11) is 0. The number of carbonyl (C=O) groups is 2. The Labute approximate surface area is 183 Å². The van der Waals surface area contributed by atoms with Gasteiger partial charge in [-0.05, 0) is 41.8 Å². The smallest absolute Gasteiger partial charge is 0.378 e. The molecule has 0 unspecified atom stereocenters. The number of benzene rings is 2. The number of hydrogen-bond acceptors (Lipinski definition) is 4. The third kappa shape index (κ3) is 4.88. The molecule has 1 N–H and O–H groups in total. The van der Waals surface area contributed by atoms with E-state index in [2.05, 4.69) is 5.32 Å². The second-order valence-corrected chi connectivity index (χ2v) is 7.85. The molecule has 2 aromatic rings. The minimum atomic E-state index is -4.40. The van der Waals surface area contributed by atoms with Gasteiger partial charge in [-0.2, -0.15) is 13.2 Å². The fraction of sp³-hybridized carbons (Fsp3) is 0.391. The van der Waals surface area contributed by atoms with Crippen molar-refractivity contribution in [1.82, 2.24) is 10.2 Å². The zero-order valence-corrected chi connectivity index (χ0v) is 17.5. The number of amides is 2. The summed E-state index contributed by atoms with van der Waals surface area (Å²) in [5.41, 5.74) is 1.48. The average molecular weight is 447 g/mol. The predicted octanol–water partition coefficient (Wildman–Crippen LogP) is 2.86. The monoisotopic (exact) mass is 447 g/mol. The van der Waals surface area contributed by atoms with Gasteiger partial charge >= 0.3 is 6.18 Å². The van der Waals surface area contributed by atoms with Gasteiger partial charge in [0.15, 0.2) is 0 Å². The topological polar surface area (TPSA) is 61.9 Å². The van der Waals surface area contributed by atoms with Gasteiger partial charge in [0.2, 0.25) is 5.91 Å². The summed E-state index contributed by atoms with van der Waals surface area (Å²) in [5.74, 6) is -0.321. The molecular formula is C23H24F3N3O3. The molecule has 0 bridgehead atoms. The van der Waals surface area contributed by atoms with Crippen molar-refractivity contribution in [3.63, 3.8) is 0 Å². The molecule has 0 aromatic heterocycles. The van der Waals surface area contributed by atoms with Crippen LogP contribution in [0.3, 0.4) is 0 Å².